The second-order valence-electron chi connectivity index (χ2n) is 8.10. The Bertz CT molecular complexity index is 1090. The van der Waals surface area contributed by atoms with Crippen molar-refractivity contribution in [2.24, 2.45) is 10.9 Å². The average Bonchev–Trinajstić information content (AvgIpc) is 3.33. The van der Waals surface area contributed by atoms with Gasteiger partial charge in [-0.15, -0.1) is 0 Å². The summed E-state index contributed by atoms with van der Waals surface area (Å²) in [5, 5.41) is 16.8. The van der Waals surface area contributed by atoms with Gasteiger partial charge in [-0.1, -0.05) is 59.8 Å². The zero-order chi connectivity index (χ0) is 25.2. The van der Waals surface area contributed by atoms with Crippen LogP contribution in [-0.4, -0.2) is 55.1 Å². The molecule has 0 saturated carbocycles. The smallest absolute Gasteiger partial charge is 0.330 e. The van der Waals surface area contributed by atoms with Gasteiger partial charge in [-0.05, 0) is 17.5 Å². The van der Waals surface area contributed by atoms with Crippen LogP contribution < -0.4 is 16.4 Å². The summed E-state index contributed by atoms with van der Waals surface area (Å²) in [6.07, 6.45) is 0.757. The van der Waals surface area contributed by atoms with Crippen molar-refractivity contribution in [3.05, 3.63) is 71.3 Å². The molecule has 3 rings (SSSR count). The number of amides is 2. The maximum absolute atomic E-state index is 12.4. The first kappa shape index (κ1) is 25.4. The lowest BCUT2D eigenvalue weighted by atomic mass is 10.0. The Balaban J connectivity index is 1.44. The minimum absolute atomic E-state index is 0.0200. The van der Waals surface area contributed by atoms with Gasteiger partial charge in [-0.25, -0.2) is 4.79 Å². The van der Waals surface area contributed by atoms with E-state index in [4.69, 9.17) is 20.7 Å². The van der Waals surface area contributed by atoms with Gasteiger partial charge >= 0.3 is 5.97 Å². The summed E-state index contributed by atoms with van der Waals surface area (Å²) in [5.41, 5.74) is 8.60. The van der Waals surface area contributed by atoms with Crippen molar-refractivity contribution < 1.29 is 24.0 Å². The van der Waals surface area contributed by atoms with Crippen LogP contribution in [0, 0.1) is 5.41 Å². The van der Waals surface area contributed by atoms with Crippen molar-refractivity contribution >= 4 is 29.3 Å². The molecule has 1 aliphatic rings. The summed E-state index contributed by atoms with van der Waals surface area (Å²) >= 11 is 0. The normalized spacial score (nSPS) is 15.3. The lowest BCUT2D eigenvalue weighted by Crippen LogP contribution is -2.49. The van der Waals surface area contributed by atoms with E-state index in [1.54, 1.807) is 24.3 Å². The molecule has 184 valence electrons. The number of nitrogens with one attached hydrogen (secondary N) is 3. The average molecular weight is 480 g/mol. The first-order valence-electron chi connectivity index (χ1n) is 11.2. The number of carbonyl (C=O) groups is 3. The van der Waals surface area contributed by atoms with Crippen LogP contribution in [0.2, 0.25) is 0 Å². The number of hydrogen-bond donors (Lipinski definition) is 4. The van der Waals surface area contributed by atoms with Crippen LogP contribution >= 0.6 is 0 Å². The van der Waals surface area contributed by atoms with Gasteiger partial charge in [-0.3, -0.25) is 15.0 Å². The fourth-order valence-corrected chi connectivity index (χ4v) is 3.55. The van der Waals surface area contributed by atoms with Gasteiger partial charge in [0.15, 0.2) is 0 Å². The lowest BCUT2D eigenvalue weighted by Gasteiger charge is -2.17. The number of nitrogens with two attached hydrogens (primary N) is 1. The Morgan fingerprint density at radius 1 is 1.14 bits per heavy atom. The van der Waals surface area contributed by atoms with Crippen LogP contribution in [0.5, 0.6) is 0 Å². The van der Waals surface area contributed by atoms with Crippen LogP contribution in [0.15, 0.2) is 59.8 Å². The van der Waals surface area contributed by atoms with E-state index in [1.807, 2.05) is 30.3 Å². The Hall–Kier alpha value is -4.21. The molecular weight excluding hydrogens is 450 g/mol. The SMILES string of the molecule is COC(=O)[C@H](CNC(=O)CC1CC(c2ccc(C(=N)N)cc2)=NO1)NC(=O)CCc1ccccc1. The van der Waals surface area contributed by atoms with Gasteiger partial charge in [0.25, 0.3) is 0 Å². The Morgan fingerprint density at radius 2 is 1.86 bits per heavy atom. The molecule has 2 aromatic rings. The molecule has 1 aliphatic heterocycles. The largest absolute Gasteiger partial charge is 0.467 e. The molecule has 0 bridgehead atoms. The summed E-state index contributed by atoms with van der Waals surface area (Å²) in [7, 11) is 1.22. The topological polar surface area (TPSA) is 156 Å². The summed E-state index contributed by atoms with van der Waals surface area (Å²) in [5.74, 6) is -1.32. The number of hydrogen-bond acceptors (Lipinski definition) is 7. The van der Waals surface area contributed by atoms with Crippen LogP contribution in [-0.2, 0) is 30.4 Å². The Morgan fingerprint density at radius 3 is 2.51 bits per heavy atom. The maximum Gasteiger partial charge on any atom is 0.330 e. The van der Waals surface area contributed by atoms with E-state index in [9.17, 15) is 14.4 Å². The molecule has 2 atom stereocenters. The zero-order valence-electron chi connectivity index (χ0n) is 19.5. The molecule has 2 amide bonds. The predicted octanol–water partition coefficient (Wildman–Crippen LogP) is 1.26. The van der Waals surface area contributed by atoms with Crippen molar-refractivity contribution in [1.82, 2.24) is 10.6 Å². The molecule has 35 heavy (non-hydrogen) atoms. The van der Waals surface area contributed by atoms with Crippen molar-refractivity contribution in [3.8, 4) is 0 Å². The molecular formula is C25H29N5O5. The van der Waals surface area contributed by atoms with E-state index in [1.165, 1.54) is 7.11 Å². The predicted molar refractivity (Wildman–Crippen MR) is 130 cm³/mol. The van der Waals surface area contributed by atoms with E-state index < -0.39 is 18.1 Å². The zero-order valence-corrected chi connectivity index (χ0v) is 19.5. The first-order chi connectivity index (χ1) is 16.9. The van der Waals surface area contributed by atoms with Crippen molar-refractivity contribution in [1.29, 1.82) is 5.41 Å². The highest BCUT2D eigenvalue weighted by Gasteiger charge is 2.27. The van der Waals surface area contributed by atoms with Gasteiger partial charge in [0.2, 0.25) is 11.8 Å². The van der Waals surface area contributed by atoms with E-state index in [-0.39, 0.29) is 37.0 Å². The maximum atomic E-state index is 12.4. The number of oxime groups is 1. The fourth-order valence-electron chi connectivity index (χ4n) is 3.55. The van der Waals surface area contributed by atoms with Crippen molar-refractivity contribution in [2.75, 3.05) is 13.7 Å². The minimum atomic E-state index is -0.997. The second-order valence-corrected chi connectivity index (χ2v) is 8.10. The van der Waals surface area contributed by atoms with Gasteiger partial charge in [-0.2, -0.15) is 0 Å². The number of aryl methyl sites for hydroxylation is 1. The third kappa shape index (κ3) is 7.66. The molecule has 10 heteroatoms. The number of carbonyl (C=O) groups excluding carboxylic acids is 3. The van der Waals surface area contributed by atoms with Gasteiger partial charge in [0, 0.05) is 24.9 Å². The Labute approximate surface area is 203 Å². The molecule has 1 unspecified atom stereocenters. The summed E-state index contributed by atoms with van der Waals surface area (Å²) < 4.78 is 4.76. The summed E-state index contributed by atoms with van der Waals surface area (Å²) in [6, 6.07) is 15.6. The summed E-state index contributed by atoms with van der Waals surface area (Å²) in [6.45, 7) is -0.102. The van der Waals surface area contributed by atoms with Gasteiger partial charge in [0.1, 0.15) is 18.0 Å². The standard InChI is InChI=1S/C25H29N5O5/c1-34-25(33)21(29-22(31)12-7-16-5-3-2-4-6-16)15-28-23(32)14-19-13-20(30-35-19)17-8-10-18(11-9-17)24(26)27/h2-6,8-11,19,21H,7,12-15H2,1H3,(H3,26,27)(H,28,32)(H,29,31)/t19?,21-/m0/s1. The molecule has 2 aromatic carbocycles. The van der Waals surface area contributed by atoms with Crippen molar-refractivity contribution in [3.63, 3.8) is 0 Å². The molecule has 0 fully saturated rings. The fraction of sp³-hybridized carbons (Fsp3) is 0.320. The molecule has 0 saturated heterocycles. The first-order valence-corrected chi connectivity index (χ1v) is 11.2. The van der Waals surface area contributed by atoms with E-state index in [0.29, 0.717) is 24.1 Å². The number of methoxy groups -OCH3 is 1. The number of esters is 1. The molecule has 0 aliphatic carbocycles. The number of ether oxygens (including phenoxy) is 1. The third-order valence-corrected chi connectivity index (χ3v) is 5.48. The number of nitrogen functional groups attached to an aromatic ring is 1. The van der Waals surface area contributed by atoms with E-state index >= 15 is 0 Å². The lowest BCUT2D eigenvalue weighted by molar-refractivity contribution is -0.145. The van der Waals surface area contributed by atoms with Crippen LogP contribution in [0.4, 0.5) is 0 Å². The van der Waals surface area contributed by atoms with Gasteiger partial charge < -0.3 is 25.9 Å². The highest BCUT2D eigenvalue weighted by molar-refractivity contribution is 6.02. The Kier molecular flexibility index (Phi) is 8.94. The molecule has 0 spiro atoms. The molecule has 0 aromatic heterocycles. The highest BCUT2D eigenvalue weighted by atomic mass is 16.6. The summed E-state index contributed by atoms with van der Waals surface area (Å²) in [4.78, 5) is 42.2. The van der Waals surface area contributed by atoms with E-state index in [0.717, 1.165) is 11.1 Å². The second kappa shape index (κ2) is 12.3. The quantitative estimate of drug-likeness (QED) is 0.216. The minimum Gasteiger partial charge on any atom is -0.467 e. The van der Waals surface area contributed by atoms with Crippen LogP contribution in [0.1, 0.15) is 36.0 Å². The van der Waals surface area contributed by atoms with Crippen LogP contribution in [0.25, 0.3) is 0 Å². The number of amidine groups is 1. The monoisotopic (exact) mass is 479 g/mol. The third-order valence-electron chi connectivity index (χ3n) is 5.48. The number of nitrogens with zero attached hydrogens (tertiary/aromatic N) is 1. The van der Waals surface area contributed by atoms with Crippen LogP contribution in [0.3, 0.4) is 0 Å². The number of rotatable bonds is 11. The molecule has 10 nitrogen and oxygen atoms in total. The molecule has 5 N–H and O–H groups in total. The molecule has 0 radical (unpaired) electrons. The highest BCUT2D eigenvalue weighted by Crippen LogP contribution is 2.19. The number of benzene rings is 2. The van der Waals surface area contributed by atoms with Gasteiger partial charge in [0.05, 0.1) is 19.2 Å². The molecule has 1 heterocycles. The van der Waals surface area contributed by atoms with Crippen molar-refractivity contribution in [2.45, 2.75) is 37.8 Å². The van der Waals surface area contributed by atoms with E-state index in [2.05, 4.69) is 15.8 Å².